The highest BCUT2D eigenvalue weighted by Crippen LogP contribution is 2.30. The topological polar surface area (TPSA) is 3.24 Å². The zero-order valence-corrected chi connectivity index (χ0v) is 7.91. The molecule has 1 nitrogen and oxygen atoms in total. The molecule has 2 heteroatoms. The summed E-state index contributed by atoms with van der Waals surface area (Å²) in [5.74, 6) is 1.40. The molecule has 0 saturated carbocycles. The zero-order chi connectivity index (χ0) is 7.52. The molecule has 11 heavy (non-hydrogen) atoms. The molecule has 2 heterocycles. The van der Waals surface area contributed by atoms with Crippen molar-refractivity contribution in [1.29, 1.82) is 0 Å². The average Bonchev–Trinajstić information content (AvgIpc) is 2.58. The van der Waals surface area contributed by atoms with Crippen LogP contribution in [0.3, 0.4) is 0 Å². The first-order valence-electron chi connectivity index (χ1n) is 4.82. The van der Waals surface area contributed by atoms with Gasteiger partial charge in [0.15, 0.2) is 0 Å². The fourth-order valence-corrected chi connectivity index (χ4v) is 3.42. The molecule has 0 aromatic heterocycles. The molecule has 0 amide bonds. The monoisotopic (exact) mass is 171 g/mol. The van der Waals surface area contributed by atoms with E-state index in [0.29, 0.717) is 0 Å². The third-order valence-corrected chi connectivity index (χ3v) is 4.15. The lowest BCUT2D eigenvalue weighted by atomic mass is 10.1. The number of nitrogens with zero attached hydrogens (tertiary/aromatic N) is 1. The van der Waals surface area contributed by atoms with Gasteiger partial charge in [0.1, 0.15) is 0 Å². The molecule has 1 unspecified atom stereocenters. The molecule has 2 rings (SSSR count). The first kappa shape index (κ1) is 7.93. The summed E-state index contributed by atoms with van der Waals surface area (Å²) in [7, 11) is 0. The standard InChI is InChI=1S/C9H17NS/c1-2-6-10(7-3-1)9-5-4-8-11-9/h9H,1-8H2. The van der Waals surface area contributed by atoms with Gasteiger partial charge in [-0.15, -0.1) is 11.8 Å². The Morgan fingerprint density at radius 3 is 2.45 bits per heavy atom. The Labute approximate surface area is 73.5 Å². The van der Waals surface area contributed by atoms with E-state index in [1.165, 1.54) is 50.9 Å². The zero-order valence-electron chi connectivity index (χ0n) is 7.09. The molecule has 2 aliphatic heterocycles. The number of piperidine rings is 1. The minimum atomic E-state index is 0.898. The minimum absolute atomic E-state index is 0.898. The second-order valence-electron chi connectivity index (χ2n) is 3.56. The molecular weight excluding hydrogens is 154 g/mol. The Morgan fingerprint density at radius 1 is 1.00 bits per heavy atom. The van der Waals surface area contributed by atoms with Crippen molar-refractivity contribution >= 4 is 11.8 Å². The van der Waals surface area contributed by atoms with E-state index < -0.39 is 0 Å². The average molecular weight is 171 g/mol. The maximum atomic E-state index is 2.70. The van der Waals surface area contributed by atoms with Gasteiger partial charge < -0.3 is 0 Å². The summed E-state index contributed by atoms with van der Waals surface area (Å²) in [5, 5.41) is 0.898. The molecule has 2 saturated heterocycles. The summed E-state index contributed by atoms with van der Waals surface area (Å²) < 4.78 is 0. The Morgan fingerprint density at radius 2 is 1.82 bits per heavy atom. The van der Waals surface area contributed by atoms with Gasteiger partial charge in [-0.05, 0) is 44.5 Å². The van der Waals surface area contributed by atoms with Crippen molar-refractivity contribution in [3.63, 3.8) is 0 Å². The van der Waals surface area contributed by atoms with Crippen molar-refractivity contribution in [3.8, 4) is 0 Å². The maximum Gasteiger partial charge on any atom is 0.0557 e. The van der Waals surface area contributed by atoms with Crippen molar-refractivity contribution in [3.05, 3.63) is 0 Å². The smallest absolute Gasteiger partial charge is 0.0557 e. The van der Waals surface area contributed by atoms with E-state index >= 15 is 0 Å². The van der Waals surface area contributed by atoms with Crippen molar-refractivity contribution < 1.29 is 0 Å². The van der Waals surface area contributed by atoms with Crippen LogP contribution in [0.15, 0.2) is 0 Å². The number of rotatable bonds is 1. The van der Waals surface area contributed by atoms with Crippen LogP contribution < -0.4 is 0 Å². The third-order valence-electron chi connectivity index (χ3n) is 2.70. The second kappa shape index (κ2) is 3.81. The molecule has 0 aromatic rings. The number of hydrogen-bond acceptors (Lipinski definition) is 2. The van der Waals surface area contributed by atoms with Gasteiger partial charge in [0, 0.05) is 0 Å². The first-order chi connectivity index (χ1) is 5.47. The van der Waals surface area contributed by atoms with Crippen molar-refractivity contribution in [1.82, 2.24) is 4.90 Å². The molecule has 2 fully saturated rings. The van der Waals surface area contributed by atoms with Crippen LogP contribution in [-0.2, 0) is 0 Å². The summed E-state index contributed by atoms with van der Waals surface area (Å²) in [6, 6.07) is 0. The number of likely N-dealkylation sites (tertiary alicyclic amines) is 1. The van der Waals surface area contributed by atoms with Crippen LogP contribution in [0.25, 0.3) is 0 Å². The highest BCUT2D eigenvalue weighted by Gasteiger charge is 2.23. The lowest BCUT2D eigenvalue weighted by molar-refractivity contribution is 0.211. The summed E-state index contributed by atoms with van der Waals surface area (Å²) >= 11 is 2.17. The van der Waals surface area contributed by atoms with E-state index in [2.05, 4.69) is 16.7 Å². The fraction of sp³-hybridized carbons (Fsp3) is 1.00. The van der Waals surface area contributed by atoms with Crippen LogP contribution >= 0.6 is 11.8 Å². The van der Waals surface area contributed by atoms with Gasteiger partial charge in [-0.25, -0.2) is 0 Å². The predicted molar refractivity (Wildman–Crippen MR) is 50.9 cm³/mol. The van der Waals surface area contributed by atoms with E-state index in [4.69, 9.17) is 0 Å². The Balaban J connectivity index is 1.82. The van der Waals surface area contributed by atoms with E-state index in [0.717, 1.165) is 5.37 Å². The normalized spacial score (nSPS) is 34.4. The molecular formula is C9H17NS. The molecule has 2 aliphatic rings. The Hall–Kier alpha value is 0.310. The van der Waals surface area contributed by atoms with Gasteiger partial charge in [-0.2, -0.15) is 0 Å². The van der Waals surface area contributed by atoms with Gasteiger partial charge >= 0.3 is 0 Å². The van der Waals surface area contributed by atoms with Crippen LogP contribution in [-0.4, -0.2) is 29.1 Å². The number of hydrogen-bond donors (Lipinski definition) is 0. The minimum Gasteiger partial charge on any atom is -0.291 e. The lowest BCUT2D eigenvalue weighted by Crippen LogP contribution is -2.35. The quantitative estimate of drug-likeness (QED) is 0.595. The van der Waals surface area contributed by atoms with E-state index in [-0.39, 0.29) is 0 Å². The van der Waals surface area contributed by atoms with E-state index in [9.17, 15) is 0 Å². The SMILES string of the molecule is C1CCN(C2CCCS2)CC1. The predicted octanol–water partition coefficient (Wildman–Crippen LogP) is 2.33. The Bertz CT molecular complexity index is 115. The molecule has 0 aliphatic carbocycles. The van der Waals surface area contributed by atoms with Crippen molar-refractivity contribution in [2.45, 2.75) is 37.5 Å². The summed E-state index contributed by atoms with van der Waals surface area (Å²) in [6.45, 7) is 2.75. The molecule has 0 spiro atoms. The highest BCUT2D eigenvalue weighted by atomic mass is 32.2. The van der Waals surface area contributed by atoms with Gasteiger partial charge in [-0.3, -0.25) is 4.90 Å². The summed E-state index contributed by atoms with van der Waals surface area (Å²) in [6.07, 6.45) is 7.25. The van der Waals surface area contributed by atoms with Gasteiger partial charge in [0.05, 0.1) is 5.37 Å². The first-order valence-corrected chi connectivity index (χ1v) is 5.87. The molecule has 64 valence electrons. The summed E-state index contributed by atoms with van der Waals surface area (Å²) in [5.41, 5.74) is 0. The molecule has 0 radical (unpaired) electrons. The Kier molecular flexibility index (Phi) is 2.75. The largest absolute Gasteiger partial charge is 0.291 e. The molecule has 0 aromatic carbocycles. The molecule has 0 N–H and O–H groups in total. The van der Waals surface area contributed by atoms with Crippen LogP contribution in [0.1, 0.15) is 32.1 Å². The van der Waals surface area contributed by atoms with E-state index in [1.54, 1.807) is 0 Å². The highest BCUT2D eigenvalue weighted by molar-refractivity contribution is 8.00. The van der Waals surface area contributed by atoms with Crippen LogP contribution in [0.2, 0.25) is 0 Å². The third kappa shape index (κ3) is 1.91. The van der Waals surface area contributed by atoms with Crippen LogP contribution in [0, 0.1) is 0 Å². The van der Waals surface area contributed by atoms with Crippen LogP contribution in [0.4, 0.5) is 0 Å². The van der Waals surface area contributed by atoms with Crippen molar-refractivity contribution in [2.24, 2.45) is 0 Å². The van der Waals surface area contributed by atoms with E-state index in [1.807, 2.05) is 0 Å². The van der Waals surface area contributed by atoms with Gasteiger partial charge in [-0.1, -0.05) is 6.42 Å². The second-order valence-corrected chi connectivity index (χ2v) is 4.85. The van der Waals surface area contributed by atoms with Crippen LogP contribution in [0.5, 0.6) is 0 Å². The van der Waals surface area contributed by atoms with Gasteiger partial charge in [0.25, 0.3) is 0 Å². The molecule has 0 bridgehead atoms. The summed E-state index contributed by atoms with van der Waals surface area (Å²) in [4.78, 5) is 2.70. The number of thioether (sulfide) groups is 1. The van der Waals surface area contributed by atoms with Crippen molar-refractivity contribution in [2.75, 3.05) is 18.8 Å². The van der Waals surface area contributed by atoms with Gasteiger partial charge in [0.2, 0.25) is 0 Å². The lowest BCUT2D eigenvalue weighted by Gasteiger charge is -2.31. The molecule has 1 atom stereocenters. The fourth-order valence-electron chi connectivity index (χ4n) is 2.05. The maximum absolute atomic E-state index is 2.70.